The number of pyridine rings is 1. The first-order valence-corrected chi connectivity index (χ1v) is 11.8. The number of likely N-dealkylation sites (N-methyl/N-ethyl adjacent to an activating group) is 1. The maximum Gasteiger partial charge on any atom is 0.329 e. The van der Waals surface area contributed by atoms with E-state index in [-0.39, 0.29) is 28.8 Å². The Hall–Kier alpha value is -3.01. The van der Waals surface area contributed by atoms with Gasteiger partial charge in [-0.15, -0.1) is 0 Å². The van der Waals surface area contributed by atoms with Crippen molar-refractivity contribution in [3.8, 4) is 0 Å². The Morgan fingerprint density at radius 1 is 1.09 bits per heavy atom. The highest BCUT2D eigenvalue weighted by atomic mass is 16.2. The second-order valence-electron chi connectivity index (χ2n) is 8.71. The van der Waals surface area contributed by atoms with Crippen LogP contribution < -0.4 is 11.2 Å². The van der Waals surface area contributed by atoms with Gasteiger partial charge in [-0.25, -0.2) is 9.78 Å². The summed E-state index contributed by atoms with van der Waals surface area (Å²) >= 11 is 0. The van der Waals surface area contributed by atoms with Gasteiger partial charge in [0.25, 0.3) is 11.5 Å². The number of hydrogen-bond acceptors (Lipinski definition) is 6. The lowest BCUT2D eigenvalue weighted by molar-refractivity contribution is -0.132. The number of rotatable bonds is 7. The third-order valence-electron chi connectivity index (χ3n) is 6.65. The van der Waals surface area contributed by atoms with Crippen molar-refractivity contribution in [2.45, 2.75) is 46.1 Å². The van der Waals surface area contributed by atoms with Gasteiger partial charge >= 0.3 is 5.69 Å². The molecule has 33 heavy (non-hydrogen) atoms. The fraction of sp³-hybridized carbons (Fsp3) is 0.609. The number of carbonyl (C=O) groups is 2. The van der Waals surface area contributed by atoms with E-state index in [0.29, 0.717) is 57.9 Å². The van der Waals surface area contributed by atoms with E-state index in [9.17, 15) is 19.2 Å². The molecule has 2 fully saturated rings. The number of fused-ring (bicyclic) bond motifs is 1. The van der Waals surface area contributed by atoms with E-state index in [2.05, 4.69) is 14.9 Å². The molecule has 0 atom stereocenters. The number of nitrogens with one attached hydrogen (secondary N) is 1. The number of amides is 2. The van der Waals surface area contributed by atoms with Crippen LogP contribution in [-0.4, -0.2) is 86.9 Å². The van der Waals surface area contributed by atoms with E-state index in [1.54, 1.807) is 15.9 Å². The molecule has 10 nitrogen and oxygen atoms in total. The molecule has 1 aliphatic heterocycles. The Morgan fingerprint density at radius 3 is 2.33 bits per heavy atom. The van der Waals surface area contributed by atoms with Crippen LogP contribution in [-0.2, 0) is 11.3 Å². The Balaban J connectivity index is 1.60. The van der Waals surface area contributed by atoms with Gasteiger partial charge in [0.1, 0.15) is 0 Å². The highest BCUT2D eigenvalue weighted by Crippen LogP contribution is 2.40. The monoisotopic (exact) mass is 456 g/mol. The lowest BCUT2D eigenvalue weighted by atomic mass is 10.1. The van der Waals surface area contributed by atoms with E-state index < -0.39 is 11.2 Å². The van der Waals surface area contributed by atoms with Crippen LogP contribution in [0.2, 0.25) is 0 Å². The third-order valence-corrected chi connectivity index (χ3v) is 6.65. The summed E-state index contributed by atoms with van der Waals surface area (Å²) in [5.74, 6) is 0.132. The van der Waals surface area contributed by atoms with E-state index >= 15 is 0 Å². The van der Waals surface area contributed by atoms with Crippen molar-refractivity contribution in [1.29, 1.82) is 0 Å². The van der Waals surface area contributed by atoms with Gasteiger partial charge in [-0.05, 0) is 39.7 Å². The van der Waals surface area contributed by atoms with Crippen molar-refractivity contribution >= 4 is 22.8 Å². The number of carbonyl (C=O) groups excluding carboxylic acids is 2. The lowest BCUT2D eigenvalue weighted by Crippen LogP contribution is -2.51. The molecule has 2 aromatic heterocycles. The van der Waals surface area contributed by atoms with Gasteiger partial charge in [0.15, 0.2) is 5.65 Å². The van der Waals surface area contributed by atoms with Crippen LogP contribution in [0.5, 0.6) is 0 Å². The van der Waals surface area contributed by atoms with E-state index in [1.807, 2.05) is 20.8 Å². The molecule has 0 radical (unpaired) electrons. The van der Waals surface area contributed by atoms with Gasteiger partial charge in [0, 0.05) is 57.4 Å². The zero-order chi connectivity index (χ0) is 23.7. The first-order valence-electron chi connectivity index (χ1n) is 11.8. The zero-order valence-corrected chi connectivity index (χ0v) is 19.6. The molecule has 0 aromatic carbocycles. The average molecular weight is 457 g/mol. The van der Waals surface area contributed by atoms with Crippen LogP contribution >= 0.6 is 0 Å². The Labute approximate surface area is 192 Å². The number of nitrogens with zero attached hydrogens (tertiary/aromatic N) is 5. The van der Waals surface area contributed by atoms with Gasteiger partial charge < -0.3 is 9.80 Å². The molecule has 10 heteroatoms. The number of hydrogen-bond donors (Lipinski definition) is 1. The van der Waals surface area contributed by atoms with Crippen molar-refractivity contribution in [2.75, 3.05) is 45.8 Å². The van der Waals surface area contributed by atoms with Crippen molar-refractivity contribution in [1.82, 2.24) is 29.2 Å². The van der Waals surface area contributed by atoms with E-state index in [0.717, 1.165) is 18.5 Å². The fourth-order valence-electron chi connectivity index (χ4n) is 4.49. The number of aromatic nitrogens is 3. The Morgan fingerprint density at radius 2 is 1.76 bits per heavy atom. The molecule has 1 saturated carbocycles. The highest BCUT2D eigenvalue weighted by molar-refractivity contribution is 6.05. The average Bonchev–Trinajstić information content (AvgIpc) is 3.65. The largest absolute Gasteiger partial charge is 0.342 e. The Bertz CT molecular complexity index is 1170. The summed E-state index contributed by atoms with van der Waals surface area (Å²) in [6.45, 7) is 9.92. The summed E-state index contributed by atoms with van der Waals surface area (Å²) in [5, 5.41) is 0.171. The molecule has 3 heterocycles. The van der Waals surface area contributed by atoms with Crippen LogP contribution in [0.3, 0.4) is 0 Å². The maximum atomic E-state index is 13.5. The van der Waals surface area contributed by atoms with Crippen molar-refractivity contribution < 1.29 is 9.59 Å². The molecule has 2 aromatic rings. The lowest BCUT2D eigenvalue weighted by Gasteiger charge is -2.35. The summed E-state index contributed by atoms with van der Waals surface area (Å²) in [6.07, 6.45) is 1.98. The second kappa shape index (κ2) is 9.46. The minimum absolute atomic E-state index is 0.0954. The molecule has 4 rings (SSSR count). The van der Waals surface area contributed by atoms with Crippen molar-refractivity contribution in [3.63, 3.8) is 0 Å². The predicted octanol–water partition coefficient (Wildman–Crippen LogP) is 0.608. The topological polar surface area (TPSA) is 112 Å². The van der Waals surface area contributed by atoms with Crippen LogP contribution in [0.1, 0.15) is 55.6 Å². The van der Waals surface area contributed by atoms with Gasteiger partial charge in [0.2, 0.25) is 5.91 Å². The summed E-state index contributed by atoms with van der Waals surface area (Å²) in [6, 6.07) is 1.73. The molecule has 1 saturated heterocycles. The van der Waals surface area contributed by atoms with Crippen LogP contribution in [0.25, 0.3) is 11.0 Å². The third kappa shape index (κ3) is 4.57. The van der Waals surface area contributed by atoms with Crippen molar-refractivity contribution in [3.05, 3.63) is 38.2 Å². The number of H-pyrrole nitrogens is 1. The van der Waals surface area contributed by atoms with Crippen LogP contribution in [0.4, 0.5) is 0 Å². The normalized spacial score (nSPS) is 16.9. The molecule has 0 bridgehead atoms. The molecular weight excluding hydrogens is 424 g/mol. The molecule has 0 spiro atoms. The molecule has 2 aliphatic rings. The molecule has 178 valence electrons. The second-order valence-corrected chi connectivity index (χ2v) is 8.71. The van der Waals surface area contributed by atoms with Gasteiger partial charge in [-0.1, -0.05) is 0 Å². The first kappa shape index (κ1) is 23.2. The summed E-state index contributed by atoms with van der Waals surface area (Å²) in [4.78, 5) is 63.6. The first-order chi connectivity index (χ1) is 15.9. The minimum Gasteiger partial charge on any atom is -0.342 e. The van der Waals surface area contributed by atoms with Gasteiger partial charge in [-0.3, -0.25) is 28.8 Å². The number of aryl methyl sites for hydroxylation is 1. The number of aromatic amines is 1. The quantitative estimate of drug-likeness (QED) is 0.653. The standard InChI is InChI=1S/C23H32N6O4/c1-4-27(5-2)18(30)14-26-9-11-28(12-10-26)22(32)16-13-17(15-7-8-15)24-20-19(16)21(31)25-23(33)29(20)6-3/h13,15H,4-12,14H2,1-3H3,(H,25,31,33). The van der Waals surface area contributed by atoms with E-state index in [1.165, 1.54) is 4.57 Å². The predicted molar refractivity (Wildman–Crippen MR) is 125 cm³/mol. The molecule has 2 amide bonds. The van der Waals surface area contributed by atoms with Gasteiger partial charge in [-0.2, -0.15) is 0 Å². The van der Waals surface area contributed by atoms with Crippen molar-refractivity contribution in [2.24, 2.45) is 0 Å². The molecule has 1 N–H and O–H groups in total. The minimum atomic E-state index is -0.582. The smallest absolute Gasteiger partial charge is 0.329 e. The van der Waals surface area contributed by atoms with Crippen LogP contribution in [0, 0.1) is 0 Å². The molecule has 0 unspecified atom stereocenters. The SMILES string of the molecule is CCN(CC)C(=O)CN1CCN(C(=O)c2cc(C3CC3)nc3c2c(=O)[nH]c(=O)n3CC)CC1. The van der Waals surface area contributed by atoms with E-state index in [4.69, 9.17) is 0 Å². The zero-order valence-electron chi connectivity index (χ0n) is 19.6. The maximum absolute atomic E-state index is 13.5. The summed E-state index contributed by atoms with van der Waals surface area (Å²) in [5.41, 5.74) is 0.253. The number of piperazine rings is 1. The Kier molecular flexibility index (Phi) is 6.64. The van der Waals surface area contributed by atoms with Gasteiger partial charge in [0.05, 0.1) is 17.5 Å². The van der Waals surface area contributed by atoms with Crippen LogP contribution in [0.15, 0.2) is 15.7 Å². The molecule has 1 aliphatic carbocycles. The summed E-state index contributed by atoms with van der Waals surface area (Å²) in [7, 11) is 0. The fourth-order valence-corrected chi connectivity index (χ4v) is 4.49. The molecular formula is C23H32N6O4. The highest BCUT2D eigenvalue weighted by Gasteiger charge is 2.31. The summed E-state index contributed by atoms with van der Waals surface area (Å²) < 4.78 is 1.41.